The van der Waals surface area contributed by atoms with Crippen LogP contribution >= 0.6 is 22.9 Å². The molecule has 0 fully saturated rings. The molecule has 1 aliphatic rings. The Morgan fingerprint density at radius 2 is 2.29 bits per heavy atom. The van der Waals surface area contributed by atoms with Gasteiger partial charge in [0.1, 0.15) is 10.8 Å². The Hall–Kier alpha value is -1.06. The van der Waals surface area contributed by atoms with Crippen molar-refractivity contribution in [3.05, 3.63) is 33.6 Å². The number of aromatic nitrogens is 1. The molecule has 1 heterocycles. The number of thiazole rings is 1. The van der Waals surface area contributed by atoms with Gasteiger partial charge in [-0.3, -0.25) is 0 Å². The van der Waals surface area contributed by atoms with E-state index in [2.05, 4.69) is 17.1 Å². The summed E-state index contributed by atoms with van der Waals surface area (Å²) in [5.41, 5.74) is 3.66. The minimum atomic E-state index is 0.497. The molecule has 17 heavy (non-hydrogen) atoms. The Balaban J connectivity index is 2.16. The van der Waals surface area contributed by atoms with Crippen LogP contribution in [-0.4, -0.2) is 12.1 Å². The second-order valence-corrected chi connectivity index (χ2v) is 5.47. The fourth-order valence-corrected chi connectivity index (χ4v) is 3.36. The first-order valence-corrected chi connectivity index (χ1v) is 6.88. The van der Waals surface area contributed by atoms with Gasteiger partial charge in [0.05, 0.1) is 18.7 Å². The standard InChI is InChI=1S/C13H12ClNOS/c1-16-9-4-2-8-3-5-11-13(10(8)6-9)15-12(7-14)17-11/h2,4,6H,3,5,7H2,1H3. The number of rotatable bonds is 2. The van der Waals surface area contributed by atoms with Crippen LogP contribution in [0, 0.1) is 0 Å². The summed E-state index contributed by atoms with van der Waals surface area (Å²) in [6.45, 7) is 0. The SMILES string of the molecule is COc1ccc2c(c1)-c1nc(CCl)sc1CC2. The molecule has 0 spiro atoms. The highest BCUT2D eigenvalue weighted by Gasteiger charge is 2.20. The van der Waals surface area contributed by atoms with Crippen LogP contribution in [0.25, 0.3) is 11.3 Å². The first-order valence-electron chi connectivity index (χ1n) is 5.53. The molecule has 4 heteroatoms. The summed E-state index contributed by atoms with van der Waals surface area (Å²) >= 11 is 7.58. The first kappa shape index (κ1) is 11.1. The number of benzene rings is 1. The number of fused-ring (bicyclic) bond motifs is 3. The topological polar surface area (TPSA) is 22.1 Å². The van der Waals surface area contributed by atoms with Gasteiger partial charge in [0.2, 0.25) is 0 Å². The van der Waals surface area contributed by atoms with E-state index in [1.165, 1.54) is 16.0 Å². The molecule has 2 aromatic rings. The van der Waals surface area contributed by atoms with E-state index in [4.69, 9.17) is 16.3 Å². The molecule has 0 saturated heterocycles. The summed E-state index contributed by atoms with van der Waals surface area (Å²) in [7, 11) is 1.69. The average Bonchev–Trinajstić information content (AvgIpc) is 2.81. The van der Waals surface area contributed by atoms with Gasteiger partial charge in [-0.2, -0.15) is 0 Å². The fraction of sp³-hybridized carbons (Fsp3) is 0.308. The molecule has 2 nitrogen and oxygen atoms in total. The normalized spacial score (nSPS) is 13.1. The number of ether oxygens (including phenoxy) is 1. The van der Waals surface area contributed by atoms with E-state index in [-0.39, 0.29) is 0 Å². The summed E-state index contributed by atoms with van der Waals surface area (Å²) in [5.74, 6) is 1.38. The van der Waals surface area contributed by atoms with Crippen LogP contribution in [0.4, 0.5) is 0 Å². The van der Waals surface area contributed by atoms with Crippen molar-refractivity contribution in [2.45, 2.75) is 18.7 Å². The van der Waals surface area contributed by atoms with Crippen LogP contribution in [-0.2, 0) is 18.7 Å². The van der Waals surface area contributed by atoms with Crippen LogP contribution < -0.4 is 4.74 Å². The molecule has 0 N–H and O–H groups in total. The van der Waals surface area contributed by atoms with Crippen molar-refractivity contribution in [1.29, 1.82) is 0 Å². The van der Waals surface area contributed by atoms with Crippen molar-refractivity contribution in [2.75, 3.05) is 7.11 Å². The van der Waals surface area contributed by atoms with Crippen molar-refractivity contribution >= 4 is 22.9 Å². The number of halogens is 1. The predicted molar refractivity (Wildman–Crippen MR) is 71.1 cm³/mol. The van der Waals surface area contributed by atoms with Crippen molar-refractivity contribution in [2.24, 2.45) is 0 Å². The highest BCUT2D eigenvalue weighted by atomic mass is 35.5. The maximum Gasteiger partial charge on any atom is 0.119 e. The Labute approximate surface area is 109 Å². The summed E-state index contributed by atoms with van der Waals surface area (Å²) in [4.78, 5) is 5.97. The second-order valence-electron chi connectivity index (χ2n) is 4.04. The lowest BCUT2D eigenvalue weighted by atomic mass is 9.93. The van der Waals surface area contributed by atoms with E-state index in [0.717, 1.165) is 29.3 Å². The summed E-state index contributed by atoms with van der Waals surface area (Å²) in [6.07, 6.45) is 2.15. The summed E-state index contributed by atoms with van der Waals surface area (Å²) in [6, 6.07) is 6.22. The minimum Gasteiger partial charge on any atom is -0.497 e. The Kier molecular flexibility index (Phi) is 2.81. The van der Waals surface area contributed by atoms with Gasteiger partial charge in [0.25, 0.3) is 0 Å². The van der Waals surface area contributed by atoms with Gasteiger partial charge in [0, 0.05) is 10.4 Å². The van der Waals surface area contributed by atoms with E-state index in [1.54, 1.807) is 18.4 Å². The minimum absolute atomic E-state index is 0.497. The molecule has 0 atom stereocenters. The van der Waals surface area contributed by atoms with Crippen LogP contribution in [0.2, 0.25) is 0 Å². The fourth-order valence-electron chi connectivity index (χ4n) is 2.21. The first-order chi connectivity index (χ1) is 8.31. The molecule has 0 aliphatic heterocycles. The molecule has 0 saturated carbocycles. The monoisotopic (exact) mass is 265 g/mol. The van der Waals surface area contributed by atoms with Crippen LogP contribution in [0.3, 0.4) is 0 Å². The highest BCUT2D eigenvalue weighted by molar-refractivity contribution is 7.12. The average molecular weight is 266 g/mol. The zero-order chi connectivity index (χ0) is 11.8. The lowest BCUT2D eigenvalue weighted by molar-refractivity contribution is 0.415. The molecule has 3 rings (SSSR count). The lowest BCUT2D eigenvalue weighted by Crippen LogP contribution is -2.02. The van der Waals surface area contributed by atoms with Gasteiger partial charge in [-0.15, -0.1) is 22.9 Å². The summed E-state index contributed by atoms with van der Waals surface area (Å²) in [5, 5.41) is 1.01. The van der Waals surface area contributed by atoms with E-state index in [0.29, 0.717) is 5.88 Å². The number of alkyl halides is 1. The molecule has 88 valence electrons. The van der Waals surface area contributed by atoms with Gasteiger partial charge in [-0.25, -0.2) is 4.98 Å². The molecular formula is C13H12ClNOS. The number of hydrogen-bond acceptors (Lipinski definition) is 3. The predicted octanol–water partition coefficient (Wildman–Crippen LogP) is 3.66. The Bertz CT molecular complexity index is 565. The van der Waals surface area contributed by atoms with E-state index in [9.17, 15) is 0 Å². The van der Waals surface area contributed by atoms with Crippen molar-refractivity contribution in [3.63, 3.8) is 0 Å². The number of hydrogen-bond donors (Lipinski definition) is 0. The van der Waals surface area contributed by atoms with Gasteiger partial charge < -0.3 is 4.74 Å². The van der Waals surface area contributed by atoms with Crippen LogP contribution in [0.5, 0.6) is 5.75 Å². The van der Waals surface area contributed by atoms with Crippen molar-refractivity contribution < 1.29 is 4.74 Å². The highest BCUT2D eigenvalue weighted by Crippen LogP contribution is 2.38. The zero-order valence-electron chi connectivity index (χ0n) is 9.50. The van der Waals surface area contributed by atoms with Gasteiger partial charge in [-0.05, 0) is 30.5 Å². The smallest absolute Gasteiger partial charge is 0.119 e. The Morgan fingerprint density at radius 3 is 3.06 bits per heavy atom. The van der Waals surface area contributed by atoms with Crippen LogP contribution in [0.15, 0.2) is 18.2 Å². The van der Waals surface area contributed by atoms with E-state index < -0.39 is 0 Å². The largest absolute Gasteiger partial charge is 0.497 e. The maximum absolute atomic E-state index is 5.86. The molecule has 0 bridgehead atoms. The zero-order valence-corrected chi connectivity index (χ0v) is 11.1. The molecule has 0 radical (unpaired) electrons. The van der Waals surface area contributed by atoms with E-state index in [1.807, 2.05) is 6.07 Å². The lowest BCUT2D eigenvalue weighted by Gasteiger charge is -2.15. The van der Waals surface area contributed by atoms with Crippen LogP contribution in [0.1, 0.15) is 15.4 Å². The molecule has 0 amide bonds. The quantitative estimate of drug-likeness (QED) is 0.773. The molecule has 1 aliphatic carbocycles. The number of nitrogens with zero attached hydrogens (tertiary/aromatic N) is 1. The van der Waals surface area contributed by atoms with Gasteiger partial charge >= 0.3 is 0 Å². The van der Waals surface area contributed by atoms with E-state index >= 15 is 0 Å². The third-order valence-electron chi connectivity index (χ3n) is 3.05. The summed E-state index contributed by atoms with van der Waals surface area (Å²) < 4.78 is 5.28. The number of aryl methyl sites for hydroxylation is 2. The molecular weight excluding hydrogens is 254 g/mol. The second kappa shape index (κ2) is 4.31. The van der Waals surface area contributed by atoms with Crippen molar-refractivity contribution in [1.82, 2.24) is 4.98 Å². The van der Waals surface area contributed by atoms with Gasteiger partial charge in [-0.1, -0.05) is 6.07 Å². The molecule has 1 aromatic heterocycles. The Morgan fingerprint density at radius 1 is 1.41 bits per heavy atom. The van der Waals surface area contributed by atoms with Crippen molar-refractivity contribution in [3.8, 4) is 17.0 Å². The molecule has 1 aromatic carbocycles. The molecule has 0 unspecified atom stereocenters. The third-order valence-corrected chi connectivity index (χ3v) is 4.58. The third kappa shape index (κ3) is 1.83. The number of methoxy groups -OCH3 is 1. The maximum atomic E-state index is 5.86. The van der Waals surface area contributed by atoms with Gasteiger partial charge in [0.15, 0.2) is 0 Å².